The maximum atomic E-state index is 13.3. The lowest BCUT2D eigenvalue weighted by Crippen LogP contribution is -2.02. The van der Waals surface area contributed by atoms with Crippen LogP contribution in [0.25, 0.3) is 0 Å². The van der Waals surface area contributed by atoms with Gasteiger partial charge >= 0.3 is 0 Å². The summed E-state index contributed by atoms with van der Waals surface area (Å²) in [6.07, 6.45) is 1.41. The fourth-order valence-electron chi connectivity index (χ4n) is 1.09. The van der Waals surface area contributed by atoms with Gasteiger partial charge in [-0.1, -0.05) is 27.5 Å². The normalized spacial score (nSPS) is 10.5. The Morgan fingerprint density at radius 1 is 1.46 bits per heavy atom. The molecule has 0 saturated heterocycles. The van der Waals surface area contributed by atoms with E-state index in [0.717, 1.165) is 6.42 Å². The predicted octanol–water partition coefficient (Wildman–Crippen LogP) is 3.13. The monoisotopic (exact) mass is 265 g/mol. The summed E-state index contributed by atoms with van der Waals surface area (Å²) in [5.74, 6) is -0.271. The average molecular weight is 267 g/mol. The van der Waals surface area contributed by atoms with Crippen molar-refractivity contribution in [1.82, 2.24) is 0 Å². The fraction of sp³-hybridized carbons (Fsp3) is 0.333. The van der Waals surface area contributed by atoms with Gasteiger partial charge in [-0.05, 0) is 31.5 Å². The van der Waals surface area contributed by atoms with Crippen molar-refractivity contribution in [3.05, 3.63) is 33.0 Å². The molecule has 0 saturated carbocycles. The van der Waals surface area contributed by atoms with Crippen molar-refractivity contribution in [3.8, 4) is 0 Å². The Labute approximate surface area is 90.2 Å². The molecule has 2 N–H and O–H groups in total. The summed E-state index contributed by atoms with van der Waals surface area (Å²) in [4.78, 5) is 0. The molecule has 0 spiro atoms. The quantitative estimate of drug-likeness (QED) is 0.894. The maximum absolute atomic E-state index is 13.3. The van der Waals surface area contributed by atoms with Gasteiger partial charge in [-0.2, -0.15) is 0 Å². The number of benzene rings is 1. The molecule has 0 aliphatic heterocycles. The first kappa shape index (κ1) is 11.0. The van der Waals surface area contributed by atoms with Crippen LogP contribution in [0.15, 0.2) is 16.6 Å². The van der Waals surface area contributed by atoms with Crippen molar-refractivity contribution in [2.24, 2.45) is 5.73 Å². The Hall–Kier alpha value is -0.120. The van der Waals surface area contributed by atoms with Gasteiger partial charge in [0.2, 0.25) is 0 Å². The summed E-state index contributed by atoms with van der Waals surface area (Å²) < 4.78 is 14.0. The van der Waals surface area contributed by atoms with E-state index in [1.54, 1.807) is 6.07 Å². The van der Waals surface area contributed by atoms with Crippen molar-refractivity contribution in [3.63, 3.8) is 0 Å². The second-order valence-corrected chi connectivity index (χ2v) is 4.03. The van der Waals surface area contributed by atoms with Crippen LogP contribution in [0.3, 0.4) is 0 Å². The first-order valence-corrected chi connectivity index (χ1v) is 5.15. The van der Waals surface area contributed by atoms with Crippen LogP contribution >= 0.6 is 27.5 Å². The lowest BCUT2D eigenvalue weighted by Gasteiger charge is -2.05. The molecule has 1 aromatic rings. The minimum atomic E-state index is -0.271. The molecule has 0 heterocycles. The molecular formula is C9H10BrClFN. The van der Waals surface area contributed by atoms with Gasteiger partial charge in [0.25, 0.3) is 0 Å². The lowest BCUT2D eigenvalue weighted by molar-refractivity contribution is 0.603. The molecule has 0 aliphatic rings. The zero-order valence-corrected chi connectivity index (χ0v) is 9.33. The molecule has 1 nitrogen and oxygen atoms in total. The van der Waals surface area contributed by atoms with Crippen molar-refractivity contribution in [2.75, 3.05) is 6.54 Å². The third-order valence-corrected chi connectivity index (χ3v) is 2.66. The molecular weight excluding hydrogens is 256 g/mol. The Morgan fingerprint density at radius 2 is 2.15 bits per heavy atom. The Bertz CT molecular complexity index is 281. The third kappa shape index (κ3) is 2.93. The first-order chi connectivity index (χ1) is 6.15. The van der Waals surface area contributed by atoms with Gasteiger partial charge in [-0.3, -0.25) is 0 Å². The standard InChI is InChI=1S/C9H10BrClFN/c10-8-4-6(11)5-9(12)7(8)2-1-3-13/h4-5H,1-3,13H2. The second kappa shape index (κ2) is 4.94. The van der Waals surface area contributed by atoms with E-state index in [9.17, 15) is 4.39 Å². The van der Waals surface area contributed by atoms with Crippen molar-refractivity contribution in [2.45, 2.75) is 12.8 Å². The van der Waals surface area contributed by atoms with Crippen LogP contribution in [0.1, 0.15) is 12.0 Å². The van der Waals surface area contributed by atoms with Crippen molar-refractivity contribution in [1.29, 1.82) is 0 Å². The molecule has 0 aliphatic carbocycles. The van der Waals surface area contributed by atoms with Crippen LogP contribution in [0.5, 0.6) is 0 Å². The summed E-state index contributed by atoms with van der Waals surface area (Å²) >= 11 is 8.92. The smallest absolute Gasteiger partial charge is 0.129 e. The average Bonchev–Trinajstić information content (AvgIpc) is 2.02. The summed E-state index contributed by atoms with van der Waals surface area (Å²) in [5, 5.41) is 0.404. The minimum absolute atomic E-state index is 0.271. The zero-order valence-electron chi connectivity index (χ0n) is 6.99. The highest BCUT2D eigenvalue weighted by Crippen LogP contribution is 2.25. The Balaban J connectivity index is 2.92. The van der Waals surface area contributed by atoms with Gasteiger partial charge in [0.1, 0.15) is 5.82 Å². The highest BCUT2D eigenvalue weighted by Gasteiger charge is 2.07. The van der Waals surface area contributed by atoms with Crippen LogP contribution < -0.4 is 5.73 Å². The molecule has 0 radical (unpaired) electrons. The molecule has 13 heavy (non-hydrogen) atoms. The van der Waals surface area contributed by atoms with E-state index < -0.39 is 0 Å². The number of nitrogens with two attached hydrogens (primary N) is 1. The number of hydrogen-bond acceptors (Lipinski definition) is 1. The van der Waals surface area contributed by atoms with E-state index >= 15 is 0 Å². The Kier molecular flexibility index (Phi) is 4.16. The third-order valence-electron chi connectivity index (χ3n) is 1.74. The minimum Gasteiger partial charge on any atom is -0.330 e. The van der Waals surface area contributed by atoms with Gasteiger partial charge in [-0.15, -0.1) is 0 Å². The number of halogens is 3. The van der Waals surface area contributed by atoms with Gasteiger partial charge in [0.15, 0.2) is 0 Å². The summed E-state index contributed by atoms with van der Waals surface area (Å²) in [6, 6.07) is 3.01. The summed E-state index contributed by atoms with van der Waals surface area (Å²) in [5.41, 5.74) is 5.99. The molecule has 1 rings (SSSR count). The van der Waals surface area contributed by atoms with E-state index in [0.29, 0.717) is 28.0 Å². The number of hydrogen-bond donors (Lipinski definition) is 1. The van der Waals surface area contributed by atoms with Gasteiger partial charge in [0, 0.05) is 15.1 Å². The van der Waals surface area contributed by atoms with Crippen LogP contribution in [0.2, 0.25) is 5.02 Å². The fourth-order valence-corrected chi connectivity index (χ4v) is 2.06. The van der Waals surface area contributed by atoms with Gasteiger partial charge < -0.3 is 5.73 Å². The van der Waals surface area contributed by atoms with Crippen LogP contribution in [-0.4, -0.2) is 6.54 Å². The maximum Gasteiger partial charge on any atom is 0.129 e. The molecule has 0 unspecified atom stereocenters. The predicted molar refractivity (Wildman–Crippen MR) is 56.5 cm³/mol. The first-order valence-electron chi connectivity index (χ1n) is 3.98. The largest absolute Gasteiger partial charge is 0.330 e. The van der Waals surface area contributed by atoms with Crippen molar-refractivity contribution < 1.29 is 4.39 Å². The molecule has 0 aromatic heterocycles. The zero-order chi connectivity index (χ0) is 9.84. The van der Waals surface area contributed by atoms with E-state index in [1.165, 1.54) is 6.07 Å². The van der Waals surface area contributed by atoms with E-state index in [2.05, 4.69) is 15.9 Å². The highest BCUT2D eigenvalue weighted by atomic mass is 79.9. The van der Waals surface area contributed by atoms with E-state index in [1.807, 2.05) is 0 Å². The van der Waals surface area contributed by atoms with Crippen LogP contribution in [0, 0.1) is 5.82 Å². The lowest BCUT2D eigenvalue weighted by atomic mass is 10.1. The highest BCUT2D eigenvalue weighted by molar-refractivity contribution is 9.10. The molecule has 0 atom stereocenters. The van der Waals surface area contributed by atoms with Crippen LogP contribution in [0.4, 0.5) is 4.39 Å². The molecule has 0 bridgehead atoms. The summed E-state index contributed by atoms with van der Waals surface area (Å²) in [6.45, 7) is 0.564. The molecule has 1 aromatic carbocycles. The molecule has 0 fully saturated rings. The topological polar surface area (TPSA) is 26.0 Å². The molecule has 4 heteroatoms. The number of rotatable bonds is 3. The molecule has 72 valence electrons. The molecule has 0 amide bonds. The van der Waals surface area contributed by atoms with Gasteiger partial charge in [0.05, 0.1) is 0 Å². The van der Waals surface area contributed by atoms with Crippen molar-refractivity contribution >= 4 is 27.5 Å². The van der Waals surface area contributed by atoms with Crippen LogP contribution in [-0.2, 0) is 6.42 Å². The summed E-state index contributed by atoms with van der Waals surface area (Å²) in [7, 11) is 0. The van der Waals surface area contributed by atoms with E-state index in [-0.39, 0.29) is 5.82 Å². The Morgan fingerprint density at radius 3 is 2.69 bits per heavy atom. The van der Waals surface area contributed by atoms with Gasteiger partial charge in [-0.25, -0.2) is 4.39 Å². The SMILES string of the molecule is NCCCc1c(F)cc(Cl)cc1Br. The second-order valence-electron chi connectivity index (χ2n) is 2.74. The van der Waals surface area contributed by atoms with E-state index in [4.69, 9.17) is 17.3 Å².